The molecule has 170 valence electrons. The molecule has 2 amide bonds. The minimum Gasteiger partial charge on any atom is -0.465 e. The molecule has 0 aliphatic rings. The number of ketones is 1. The first-order chi connectivity index (χ1) is 15.5. The van der Waals surface area contributed by atoms with Crippen LogP contribution in [0.2, 0.25) is 0 Å². The molecule has 0 spiro atoms. The van der Waals surface area contributed by atoms with Crippen molar-refractivity contribution >= 4 is 29.2 Å². The molecule has 1 heterocycles. The van der Waals surface area contributed by atoms with Crippen LogP contribution in [0.15, 0.2) is 60.9 Å². The van der Waals surface area contributed by atoms with Crippen molar-refractivity contribution in [2.45, 2.75) is 19.5 Å². The maximum Gasteiger partial charge on any atom is 0.416 e. The number of aryl methyl sites for hydroxylation is 1. The third-order valence-corrected chi connectivity index (χ3v) is 4.70. The Balaban J connectivity index is 1.82. The van der Waals surface area contributed by atoms with Crippen molar-refractivity contribution in [3.63, 3.8) is 0 Å². The second-order valence-electron chi connectivity index (χ2n) is 7.11. The smallest absolute Gasteiger partial charge is 0.416 e. The van der Waals surface area contributed by atoms with Crippen LogP contribution in [0.4, 0.5) is 29.3 Å². The highest BCUT2D eigenvalue weighted by atomic mass is 19.4. The van der Waals surface area contributed by atoms with Crippen molar-refractivity contribution in [1.82, 2.24) is 4.98 Å². The quantitative estimate of drug-likeness (QED) is 0.340. The van der Waals surface area contributed by atoms with Gasteiger partial charge in [0.2, 0.25) is 5.91 Å². The van der Waals surface area contributed by atoms with Crippen LogP contribution in [-0.4, -0.2) is 27.9 Å². The van der Waals surface area contributed by atoms with Gasteiger partial charge < -0.3 is 10.4 Å². The lowest BCUT2D eigenvalue weighted by Crippen LogP contribution is -2.20. The number of aromatic nitrogens is 1. The number of rotatable bonds is 6. The Kier molecular flexibility index (Phi) is 6.76. The van der Waals surface area contributed by atoms with Crippen LogP contribution >= 0.6 is 0 Å². The fourth-order valence-corrected chi connectivity index (χ4v) is 3.19. The van der Waals surface area contributed by atoms with Crippen LogP contribution in [0.25, 0.3) is 11.1 Å². The summed E-state index contributed by atoms with van der Waals surface area (Å²) in [5.41, 5.74) is -0.133. The maximum absolute atomic E-state index is 13.3. The van der Waals surface area contributed by atoms with Crippen molar-refractivity contribution < 1.29 is 32.7 Å². The lowest BCUT2D eigenvalue weighted by molar-refractivity contribution is -0.138. The van der Waals surface area contributed by atoms with Gasteiger partial charge in [-0.1, -0.05) is 18.2 Å². The van der Waals surface area contributed by atoms with Gasteiger partial charge in [0.05, 0.1) is 23.4 Å². The number of alkyl halides is 3. The van der Waals surface area contributed by atoms with Crippen LogP contribution in [0, 0.1) is 6.92 Å². The van der Waals surface area contributed by atoms with E-state index in [9.17, 15) is 27.6 Å². The number of nitrogens with one attached hydrogen (secondary N) is 2. The summed E-state index contributed by atoms with van der Waals surface area (Å²) in [5, 5.41) is 13.1. The second kappa shape index (κ2) is 9.51. The van der Waals surface area contributed by atoms with Crippen molar-refractivity contribution in [2.75, 3.05) is 10.6 Å². The fourth-order valence-electron chi connectivity index (χ4n) is 3.19. The minimum atomic E-state index is -4.71. The van der Waals surface area contributed by atoms with Crippen LogP contribution < -0.4 is 10.6 Å². The molecule has 2 aromatic carbocycles. The van der Waals surface area contributed by atoms with E-state index < -0.39 is 41.6 Å². The highest BCUT2D eigenvalue weighted by Crippen LogP contribution is 2.37. The summed E-state index contributed by atoms with van der Waals surface area (Å²) in [6.07, 6.45) is -3.70. The molecule has 3 N–H and O–H groups in total. The zero-order chi connectivity index (χ0) is 24.2. The van der Waals surface area contributed by atoms with Gasteiger partial charge in [-0.05, 0) is 53.9 Å². The maximum atomic E-state index is 13.3. The average Bonchev–Trinajstić information content (AvgIpc) is 2.75. The van der Waals surface area contributed by atoms with Gasteiger partial charge in [0.25, 0.3) is 0 Å². The first kappa shape index (κ1) is 23.5. The number of Topliss-reactive ketones (excluding diaryl/α,β-unsaturated/α-hetero) is 1. The SMILES string of the molecule is Cc1cc(NC(=O)O)c(NC(=O)CC(=O)c2cccc(-c3ccncc3)c2)cc1C(F)(F)F. The summed E-state index contributed by atoms with van der Waals surface area (Å²) in [6.45, 7) is 1.17. The van der Waals surface area contributed by atoms with E-state index >= 15 is 0 Å². The predicted molar refractivity (Wildman–Crippen MR) is 115 cm³/mol. The zero-order valence-electron chi connectivity index (χ0n) is 17.2. The highest BCUT2D eigenvalue weighted by molar-refractivity contribution is 6.12. The normalized spacial score (nSPS) is 11.0. The first-order valence-electron chi connectivity index (χ1n) is 9.60. The topological polar surface area (TPSA) is 108 Å². The highest BCUT2D eigenvalue weighted by Gasteiger charge is 2.33. The molecule has 0 unspecified atom stereocenters. The molecule has 7 nitrogen and oxygen atoms in total. The van der Waals surface area contributed by atoms with Crippen LogP contribution in [0.5, 0.6) is 0 Å². The molecule has 3 rings (SSSR count). The molecule has 0 radical (unpaired) electrons. The van der Waals surface area contributed by atoms with Crippen LogP contribution in [0.3, 0.4) is 0 Å². The average molecular weight is 457 g/mol. The zero-order valence-corrected chi connectivity index (χ0v) is 17.2. The van der Waals surface area contributed by atoms with Crippen molar-refractivity contribution in [2.24, 2.45) is 0 Å². The van der Waals surface area contributed by atoms with Gasteiger partial charge in [-0.15, -0.1) is 0 Å². The molecule has 10 heteroatoms. The van der Waals surface area contributed by atoms with Gasteiger partial charge in [-0.25, -0.2) is 4.79 Å². The number of pyridine rings is 1. The number of amides is 2. The number of carbonyl (C=O) groups is 3. The number of hydrogen-bond acceptors (Lipinski definition) is 4. The fraction of sp³-hybridized carbons (Fsp3) is 0.130. The van der Waals surface area contributed by atoms with E-state index in [4.69, 9.17) is 5.11 Å². The number of hydrogen-bond donors (Lipinski definition) is 3. The summed E-state index contributed by atoms with van der Waals surface area (Å²) >= 11 is 0. The van der Waals surface area contributed by atoms with Crippen LogP contribution in [-0.2, 0) is 11.0 Å². The number of halogens is 3. The lowest BCUT2D eigenvalue weighted by Gasteiger charge is -2.17. The molecule has 1 aromatic heterocycles. The van der Waals surface area contributed by atoms with E-state index in [0.29, 0.717) is 6.07 Å². The number of carboxylic acid groups (broad SMARTS) is 1. The second-order valence-corrected chi connectivity index (χ2v) is 7.11. The minimum absolute atomic E-state index is 0.228. The van der Waals surface area contributed by atoms with Gasteiger partial charge in [-0.2, -0.15) is 13.2 Å². The Bertz CT molecular complexity index is 1210. The number of carbonyl (C=O) groups excluding carboxylic acids is 2. The Hall–Kier alpha value is -4.21. The number of benzene rings is 2. The third-order valence-electron chi connectivity index (χ3n) is 4.70. The van der Waals surface area contributed by atoms with Crippen molar-refractivity contribution in [3.8, 4) is 11.1 Å². The van der Waals surface area contributed by atoms with Crippen molar-refractivity contribution in [1.29, 1.82) is 0 Å². The predicted octanol–water partition coefficient (Wildman–Crippen LogP) is 5.38. The molecule has 0 atom stereocenters. The van der Waals surface area contributed by atoms with Crippen molar-refractivity contribution in [3.05, 3.63) is 77.6 Å². The molecular formula is C23H18F3N3O4. The Morgan fingerprint density at radius 2 is 1.61 bits per heavy atom. The molecule has 0 fully saturated rings. The van der Waals surface area contributed by atoms with E-state index in [1.165, 1.54) is 13.0 Å². The molecule has 3 aromatic rings. The molecule has 0 saturated carbocycles. The standard InChI is InChI=1S/C23H18F3N3O4/c1-13-9-18(29-22(32)33)19(11-17(13)23(24,25)26)28-21(31)12-20(30)16-4-2-3-15(10-16)14-5-7-27-8-6-14/h2-11,29H,12H2,1H3,(H,28,31)(H,32,33). The van der Waals surface area contributed by atoms with Gasteiger partial charge in [0, 0.05) is 18.0 Å². The van der Waals surface area contributed by atoms with E-state index in [0.717, 1.165) is 17.2 Å². The van der Waals surface area contributed by atoms with Gasteiger partial charge >= 0.3 is 12.3 Å². The lowest BCUT2D eigenvalue weighted by atomic mass is 10.0. The number of nitrogens with zero attached hydrogens (tertiary/aromatic N) is 1. The van der Waals surface area contributed by atoms with E-state index in [-0.39, 0.29) is 16.8 Å². The molecule has 0 aliphatic carbocycles. The molecule has 0 saturated heterocycles. The van der Waals surface area contributed by atoms with Crippen LogP contribution in [0.1, 0.15) is 27.9 Å². The molecule has 0 bridgehead atoms. The Morgan fingerprint density at radius 3 is 2.24 bits per heavy atom. The molecule has 0 aliphatic heterocycles. The van der Waals surface area contributed by atoms with Gasteiger partial charge in [0.1, 0.15) is 0 Å². The summed E-state index contributed by atoms with van der Waals surface area (Å²) in [7, 11) is 0. The van der Waals surface area contributed by atoms with Gasteiger partial charge in [0.15, 0.2) is 5.78 Å². The van der Waals surface area contributed by atoms with E-state index in [2.05, 4.69) is 10.3 Å². The number of anilines is 2. The summed E-state index contributed by atoms with van der Waals surface area (Å²) < 4.78 is 39.8. The molecule has 33 heavy (non-hydrogen) atoms. The summed E-state index contributed by atoms with van der Waals surface area (Å²) in [6, 6.07) is 11.6. The monoisotopic (exact) mass is 457 g/mol. The largest absolute Gasteiger partial charge is 0.465 e. The first-order valence-corrected chi connectivity index (χ1v) is 9.60. The molecular weight excluding hydrogens is 439 g/mol. The van der Waals surface area contributed by atoms with E-state index in [1.54, 1.807) is 42.7 Å². The Labute approximate surface area is 186 Å². The van der Waals surface area contributed by atoms with Gasteiger partial charge in [-0.3, -0.25) is 19.9 Å². The third kappa shape index (κ3) is 5.94. The summed E-state index contributed by atoms with van der Waals surface area (Å²) in [5.74, 6) is -1.45. The Morgan fingerprint density at radius 1 is 0.939 bits per heavy atom. The summed E-state index contributed by atoms with van der Waals surface area (Å²) in [4.78, 5) is 40.0. The van der Waals surface area contributed by atoms with E-state index in [1.807, 2.05) is 5.32 Å².